The van der Waals surface area contributed by atoms with Crippen molar-refractivity contribution < 1.29 is 4.42 Å². The van der Waals surface area contributed by atoms with Crippen LogP contribution in [0.1, 0.15) is 18.4 Å². The van der Waals surface area contributed by atoms with Gasteiger partial charge in [-0.25, -0.2) is 0 Å². The molecule has 0 aromatic carbocycles. The quantitative estimate of drug-likeness (QED) is 0.780. The Labute approximate surface area is 76.9 Å². The van der Waals surface area contributed by atoms with E-state index in [-0.39, 0.29) is 0 Å². The lowest BCUT2D eigenvalue weighted by molar-refractivity contribution is 0.560. The smallest absolute Gasteiger partial charge is 0.197 e. The minimum absolute atomic E-state index is 0.512. The van der Waals surface area contributed by atoms with E-state index in [0.29, 0.717) is 5.22 Å². The van der Waals surface area contributed by atoms with E-state index < -0.39 is 0 Å². The van der Waals surface area contributed by atoms with Crippen molar-refractivity contribution in [1.82, 2.24) is 5.32 Å². The third-order valence-electron chi connectivity index (χ3n) is 2.14. The Morgan fingerprint density at radius 1 is 1.58 bits per heavy atom. The second-order valence-electron chi connectivity index (χ2n) is 3.29. The Bertz CT molecular complexity index is 255. The lowest BCUT2D eigenvalue weighted by atomic mass is 10.3. The van der Waals surface area contributed by atoms with E-state index in [1.165, 1.54) is 12.8 Å². The third-order valence-corrected chi connectivity index (χ3v) is 2.47. The monoisotopic (exact) mass is 185 g/mol. The van der Waals surface area contributed by atoms with Gasteiger partial charge < -0.3 is 9.73 Å². The fourth-order valence-corrected chi connectivity index (χ4v) is 1.36. The van der Waals surface area contributed by atoms with E-state index in [1.54, 1.807) is 6.26 Å². The first-order valence-electron chi connectivity index (χ1n) is 4.29. The average Bonchev–Trinajstić information content (AvgIpc) is 2.78. The summed E-state index contributed by atoms with van der Waals surface area (Å²) in [5.41, 5.74) is 1.05. The molecule has 1 N–H and O–H groups in total. The van der Waals surface area contributed by atoms with Crippen LogP contribution in [-0.2, 0) is 6.54 Å². The van der Waals surface area contributed by atoms with Gasteiger partial charge in [0, 0.05) is 12.1 Å². The zero-order chi connectivity index (χ0) is 8.39. The molecule has 0 saturated heterocycles. The lowest BCUT2D eigenvalue weighted by Crippen LogP contribution is -2.15. The molecule has 66 valence electrons. The molecule has 1 aromatic rings. The van der Waals surface area contributed by atoms with Gasteiger partial charge in [0.2, 0.25) is 0 Å². The van der Waals surface area contributed by atoms with Crippen LogP contribution in [-0.4, -0.2) is 6.54 Å². The predicted molar refractivity (Wildman–Crippen MR) is 48.1 cm³/mol. The summed E-state index contributed by atoms with van der Waals surface area (Å²) in [5, 5.41) is 3.86. The van der Waals surface area contributed by atoms with E-state index in [4.69, 9.17) is 16.0 Å². The Morgan fingerprint density at radius 2 is 2.42 bits per heavy atom. The van der Waals surface area contributed by atoms with Crippen molar-refractivity contribution in [1.29, 1.82) is 0 Å². The van der Waals surface area contributed by atoms with Crippen molar-refractivity contribution >= 4 is 11.6 Å². The summed E-state index contributed by atoms with van der Waals surface area (Å²) in [6.45, 7) is 1.94. The van der Waals surface area contributed by atoms with Crippen LogP contribution in [0.2, 0.25) is 5.22 Å². The summed E-state index contributed by atoms with van der Waals surface area (Å²) in [5.74, 6) is 0.913. The van der Waals surface area contributed by atoms with Gasteiger partial charge in [0.05, 0.1) is 6.26 Å². The molecule has 0 amide bonds. The van der Waals surface area contributed by atoms with Crippen molar-refractivity contribution in [3.05, 3.63) is 23.1 Å². The maximum absolute atomic E-state index is 5.76. The highest BCUT2D eigenvalue weighted by Crippen LogP contribution is 2.27. The first kappa shape index (κ1) is 8.14. The van der Waals surface area contributed by atoms with Crippen LogP contribution < -0.4 is 5.32 Å². The van der Waals surface area contributed by atoms with Gasteiger partial charge in [0.15, 0.2) is 5.22 Å². The molecule has 1 heterocycles. The number of furan rings is 1. The maximum atomic E-state index is 5.76. The number of hydrogen-bond donors (Lipinski definition) is 1. The summed E-state index contributed by atoms with van der Waals surface area (Å²) < 4.78 is 4.96. The largest absolute Gasteiger partial charge is 0.453 e. The van der Waals surface area contributed by atoms with Crippen molar-refractivity contribution in [2.45, 2.75) is 19.4 Å². The van der Waals surface area contributed by atoms with Gasteiger partial charge in [-0.05, 0) is 43.0 Å². The third kappa shape index (κ3) is 2.02. The second kappa shape index (κ2) is 3.50. The minimum Gasteiger partial charge on any atom is -0.453 e. The molecule has 0 spiro atoms. The molecule has 1 fully saturated rings. The summed E-state index contributed by atoms with van der Waals surface area (Å²) >= 11 is 5.76. The number of halogens is 1. The standard InChI is InChI=1S/C9H12ClNO/c10-9-8(3-4-12-9)6-11-5-7-1-2-7/h3-4,7,11H,1-2,5-6H2. The molecule has 0 bridgehead atoms. The number of nitrogens with one attached hydrogen (secondary N) is 1. The highest BCUT2D eigenvalue weighted by Gasteiger charge is 2.20. The predicted octanol–water partition coefficient (Wildman–Crippen LogP) is 2.43. The molecule has 0 radical (unpaired) electrons. The summed E-state index contributed by atoms with van der Waals surface area (Å²) in [4.78, 5) is 0. The highest BCUT2D eigenvalue weighted by molar-refractivity contribution is 6.29. The van der Waals surface area contributed by atoms with Gasteiger partial charge in [-0.15, -0.1) is 0 Å². The Kier molecular flexibility index (Phi) is 2.38. The SMILES string of the molecule is Clc1occc1CNCC1CC1. The second-order valence-corrected chi connectivity index (χ2v) is 3.64. The molecule has 0 unspecified atom stereocenters. The van der Waals surface area contributed by atoms with Crippen LogP contribution in [0.5, 0.6) is 0 Å². The van der Waals surface area contributed by atoms with Crippen molar-refractivity contribution in [2.24, 2.45) is 5.92 Å². The zero-order valence-electron chi connectivity index (χ0n) is 6.85. The van der Waals surface area contributed by atoms with Crippen molar-refractivity contribution in [3.63, 3.8) is 0 Å². The van der Waals surface area contributed by atoms with Crippen LogP contribution in [0, 0.1) is 5.92 Å². The molecule has 0 aliphatic heterocycles. The molecular weight excluding hydrogens is 174 g/mol. The minimum atomic E-state index is 0.512. The lowest BCUT2D eigenvalue weighted by Gasteiger charge is -2.00. The molecule has 1 aliphatic rings. The summed E-state index contributed by atoms with van der Waals surface area (Å²) in [6, 6.07) is 1.90. The number of hydrogen-bond acceptors (Lipinski definition) is 2. The average molecular weight is 186 g/mol. The Hall–Kier alpha value is -0.470. The van der Waals surface area contributed by atoms with Gasteiger partial charge in [0.25, 0.3) is 0 Å². The van der Waals surface area contributed by atoms with Crippen LogP contribution in [0.15, 0.2) is 16.7 Å². The van der Waals surface area contributed by atoms with Crippen LogP contribution in [0.3, 0.4) is 0 Å². The van der Waals surface area contributed by atoms with Gasteiger partial charge in [-0.2, -0.15) is 0 Å². The fraction of sp³-hybridized carbons (Fsp3) is 0.556. The van der Waals surface area contributed by atoms with Crippen molar-refractivity contribution in [2.75, 3.05) is 6.54 Å². The van der Waals surface area contributed by atoms with E-state index in [1.807, 2.05) is 6.07 Å². The zero-order valence-corrected chi connectivity index (χ0v) is 7.60. The molecule has 12 heavy (non-hydrogen) atoms. The molecule has 1 saturated carbocycles. The maximum Gasteiger partial charge on any atom is 0.197 e. The summed E-state index contributed by atoms with van der Waals surface area (Å²) in [7, 11) is 0. The topological polar surface area (TPSA) is 25.2 Å². The first-order valence-corrected chi connectivity index (χ1v) is 4.66. The molecule has 1 aliphatic carbocycles. The van der Waals surface area contributed by atoms with Crippen LogP contribution >= 0.6 is 11.6 Å². The van der Waals surface area contributed by atoms with Gasteiger partial charge in [0.1, 0.15) is 0 Å². The van der Waals surface area contributed by atoms with Gasteiger partial charge in [-0.3, -0.25) is 0 Å². The molecule has 0 atom stereocenters. The molecule has 2 nitrogen and oxygen atoms in total. The molecule has 3 heteroatoms. The van der Waals surface area contributed by atoms with Gasteiger partial charge >= 0.3 is 0 Å². The first-order chi connectivity index (χ1) is 5.86. The Morgan fingerprint density at radius 3 is 3.00 bits per heavy atom. The van der Waals surface area contributed by atoms with Gasteiger partial charge in [-0.1, -0.05) is 0 Å². The normalized spacial score (nSPS) is 16.8. The van der Waals surface area contributed by atoms with Crippen molar-refractivity contribution in [3.8, 4) is 0 Å². The highest BCUT2D eigenvalue weighted by atomic mass is 35.5. The van der Waals surface area contributed by atoms with E-state index in [2.05, 4.69) is 5.32 Å². The molecule has 2 rings (SSSR count). The van der Waals surface area contributed by atoms with E-state index in [9.17, 15) is 0 Å². The van der Waals surface area contributed by atoms with Crippen LogP contribution in [0.4, 0.5) is 0 Å². The number of rotatable bonds is 4. The summed E-state index contributed by atoms with van der Waals surface area (Å²) in [6.07, 6.45) is 4.38. The Balaban J connectivity index is 1.75. The molecular formula is C9H12ClNO. The van der Waals surface area contributed by atoms with E-state index >= 15 is 0 Å². The molecule has 1 aromatic heterocycles. The van der Waals surface area contributed by atoms with E-state index in [0.717, 1.165) is 24.6 Å². The van der Waals surface area contributed by atoms with Crippen LogP contribution in [0.25, 0.3) is 0 Å². The fourth-order valence-electron chi connectivity index (χ4n) is 1.18.